The van der Waals surface area contributed by atoms with Crippen molar-refractivity contribution in [2.24, 2.45) is 0 Å². The number of carbonyl (C=O) groups is 3. The van der Waals surface area contributed by atoms with Crippen molar-refractivity contribution in [3.8, 4) is 0 Å². The molecule has 0 unspecified atom stereocenters. The zero-order valence-corrected chi connectivity index (χ0v) is 12.8. The predicted octanol–water partition coefficient (Wildman–Crippen LogP) is 1.44. The molecule has 0 saturated heterocycles. The van der Waals surface area contributed by atoms with Gasteiger partial charge in [-0.3, -0.25) is 14.4 Å². The molecular weight excluding hydrogens is 298 g/mol. The number of amides is 1. The number of esters is 2. The lowest BCUT2D eigenvalue weighted by atomic mass is 10.1. The Morgan fingerprint density at radius 3 is 2.10 bits per heavy atom. The summed E-state index contributed by atoms with van der Waals surface area (Å²) in [6.07, 6.45) is 0. The maximum Gasteiger partial charge on any atom is 0.325 e. The first-order chi connectivity index (χ1) is 9.90. The van der Waals surface area contributed by atoms with Crippen LogP contribution in [-0.4, -0.2) is 50.1 Å². The highest BCUT2D eigenvalue weighted by atomic mass is 35.5. The van der Waals surface area contributed by atoms with Gasteiger partial charge in [0.15, 0.2) is 0 Å². The van der Waals surface area contributed by atoms with Gasteiger partial charge in [0, 0.05) is 10.6 Å². The van der Waals surface area contributed by atoms with E-state index in [4.69, 9.17) is 11.6 Å². The van der Waals surface area contributed by atoms with E-state index in [1.54, 1.807) is 25.1 Å². The van der Waals surface area contributed by atoms with Crippen molar-refractivity contribution in [2.75, 3.05) is 27.3 Å². The largest absolute Gasteiger partial charge is 0.468 e. The van der Waals surface area contributed by atoms with Crippen molar-refractivity contribution in [1.29, 1.82) is 0 Å². The number of benzene rings is 1. The summed E-state index contributed by atoms with van der Waals surface area (Å²) >= 11 is 5.97. The molecule has 0 radical (unpaired) electrons. The van der Waals surface area contributed by atoms with Gasteiger partial charge in [0.05, 0.1) is 14.2 Å². The number of halogens is 1. The van der Waals surface area contributed by atoms with E-state index in [9.17, 15) is 14.4 Å². The molecule has 0 fully saturated rings. The minimum absolute atomic E-state index is 0.315. The average Bonchev–Trinajstić information content (AvgIpc) is 2.48. The van der Waals surface area contributed by atoms with Gasteiger partial charge in [0.1, 0.15) is 13.1 Å². The Bertz CT molecular complexity index is 540. The van der Waals surface area contributed by atoms with Gasteiger partial charge in [-0.1, -0.05) is 17.7 Å². The third-order valence-electron chi connectivity index (χ3n) is 2.88. The first-order valence-corrected chi connectivity index (χ1v) is 6.46. The highest BCUT2D eigenvalue weighted by Crippen LogP contribution is 2.20. The van der Waals surface area contributed by atoms with E-state index in [-0.39, 0.29) is 13.1 Å². The van der Waals surface area contributed by atoms with Gasteiger partial charge in [-0.05, 0) is 24.6 Å². The number of methoxy groups -OCH3 is 2. The summed E-state index contributed by atoms with van der Waals surface area (Å²) in [5, 5.41) is 0.428. The van der Waals surface area contributed by atoms with Crippen LogP contribution in [0, 0.1) is 6.92 Å². The fraction of sp³-hybridized carbons (Fsp3) is 0.357. The molecule has 1 aromatic carbocycles. The highest BCUT2D eigenvalue weighted by Gasteiger charge is 2.23. The molecule has 7 heteroatoms. The van der Waals surface area contributed by atoms with E-state index in [1.807, 2.05) is 0 Å². The molecule has 0 aliphatic rings. The molecule has 21 heavy (non-hydrogen) atoms. The molecule has 0 aromatic heterocycles. The van der Waals surface area contributed by atoms with Gasteiger partial charge in [-0.25, -0.2) is 0 Å². The monoisotopic (exact) mass is 313 g/mol. The van der Waals surface area contributed by atoms with Crippen LogP contribution in [0.15, 0.2) is 18.2 Å². The number of rotatable bonds is 5. The summed E-state index contributed by atoms with van der Waals surface area (Å²) in [5.74, 6) is -1.76. The molecule has 114 valence electrons. The molecule has 0 aliphatic heterocycles. The van der Waals surface area contributed by atoms with Crippen molar-refractivity contribution in [2.45, 2.75) is 6.92 Å². The summed E-state index contributed by atoms with van der Waals surface area (Å²) in [7, 11) is 2.40. The van der Waals surface area contributed by atoms with Crippen LogP contribution in [0.3, 0.4) is 0 Å². The average molecular weight is 314 g/mol. The molecule has 0 heterocycles. The third kappa shape index (κ3) is 4.46. The minimum Gasteiger partial charge on any atom is -0.468 e. The molecule has 0 bridgehead atoms. The first-order valence-electron chi connectivity index (χ1n) is 6.08. The van der Waals surface area contributed by atoms with Crippen LogP contribution in [0.1, 0.15) is 15.9 Å². The Morgan fingerprint density at radius 1 is 1.10 bits per heavy atom. The maximum atomic E-state index is 12.5. The lowest BCUT2D eigenvalue weighted by molar-refractivity contribution is -0.144. The number of carbonyl (C=O) groups excluding carboxylic acids is 3. The zero-order chi connectivity index (χ0) is 16.0. The summed E-state index contributed by atoms with van der Waals surface area (Å²) < 4.78 is 9.05. The number of hydrogen-bond donors (Lipinski definition) is 0. The molecule has 0 aliphatic carbocycles. The summed E-state index contributed by atoms with van der Waals surface area (Å²) in [6.45, 7) is 0.983. The quantitative estimate of drug-likeness (QED) is 0.769. The first kappa shape index (κ1) is 17.0. The summed E-state index contributed by atoms with van der Waals surface area (Å²) in [5.41, 5.74) is 0.888. The van der Waals surface area contributed by atoms with Gasteiger partial charge in [-0.15, -0.1) is 0 Å². The highest BCUT2D eigenvalue weighted by molar-refractivity contribution is 6.31. The molecule has 1 rings (SSSR count). The normalized spacial score (nSPS) is 9.90. The van der Waals surface area contributed by atoms with Crippen molar-refractivity contribution >= 4 is 29.4 Å². The fourth-order valence-corrected chi connectivity index (χ4v) is 1.82. The van der Waals surface area contributed by atoms with Crippen molar-refractivity contribution in [1.82, 2.24) is 4.90 Å². The molecular formula is C14H16ClNO5. The van der Waals surface area contributed by atoms with Gasteiger partial charge in [-0.2, -0.15) is 0 Å². The van der Waals surface area contributed by atoms with Gasteiger partial charge in [0.25, 0.3) is 5.91 Å². The Balaban J connectivity index is 3.06. The molecule has 0 saturated carbocycles. The predicted molar refractivity (Wildman–Crippen MR) is 76.1 cm³/mol. The van der Waals surface area contributed by atoms with Crippen LogP contribution in [0.5, 0.6) is 0 Å². The van der Waals surface area contributed by atoms with Gasteiger partial charge in [0.2, 0.25) is 0 Å². The van der Waals surface area contributed by atoms with E-state index in [2.05, 4.69) is 9.47 Å². The number of hydrogen-bond acceptors (Lipinski definition) is 5. The topological polar surface area (TPSA) is 72.9 Å². The summed E-state index contributed by atoms with van der Waals surface area (Å²) in [6, 6.07) is 4.85. The van der Waals surface area contributed by atoms with E-state index in [1.165, 1.54) is 14.2 Å². The molecule has 0 N–H and O–H groups in total. The van der Waals surface area contributed by atoms with Gasteiger partial charge >= 0.3 is 11.9 Å². The second-order valence-corrected chi connectivity index (χ2v) is 4.63. The Kier molecular flexibility index (Phi) is 6.17. The van der Waals surface area contributed by atoms with Gasteiger partial charge < -0.3 is 14.4 Å². The fourth-order valence-electron chi connectivity index (χ4n) is 1.65. The smallest absolute Gasteiger partial charge is 0.325 e. The molecule has 1 amide bonds. The zero-order valence-electron chi connectivity index (χ0n) is 12.0. The van der Waals surface area contributed by atoms with Crippen LogP contribution in [0.25, 0.3) is 0 Å². The van der Waals surface area contributed by atoms with E-state index in [0.29, 0.717) is 16.1 Å². The van der Waals surface area contributed by atoms with Crippen LogP contribution in [-0.2, 0) is 19.1 Å². The standard InChI is InChI=1S/C14H16ClNO5/c1-9-10(5-4-6-11(9)15)14(19)16(7-12(17)20-2)8-13(18)21-3/h4-6H,7-8H2,1-3H3. The van der Waals surface area contributed by atoms with Crippen LogP contribution < -0.4 is 0 Å². The van der Waals surface area contributed by atoms with Crippen molar-refractivity contribution in [3.63, 3.8) is 0 Å². The van der Waals surface area contributed by atoms with E-state index < -0.39 is 17.8 Å². The third-order valence-corrected chi connectivity index (χ3v) is 3.29. The Hall–Kier alpha value is -2.08. The number of nitrogens with zero attached hydrogens (tertiary/aromatic N) is 1. The maximum absolute atomic E-state index is 12.5. The molecule has 0 spiro atoms. The molecule has 1 aromatic rings. The van der Waals surface area contributed by atoms with Crippen LogP contribution >= 0.6 is 11.6 Å². The SMILES string of the molecule is COC(=O)CN(CC(=O)OC)C(=O)c1cccc(Cl)c1C. The van der Waals surface area contributed by atoms with Crippen molar-refractivity contribution < 1.29 is 23.9 Å². The van der Waals surface area contributed by atoms with Crippen molar-refractivity contribution in [3.05, 3.63) is 34.3 Å². The van der Waals surface area contributed by atoms with E-state index >= 15 is 0 Å². The minimum atomic E-state index is -0.632. The number of ether oxygens (including phenoxy) is 2. The van der Waals surface area contributed by atoms with Crippen LogP contribution in [0.2, 0.25) is 5.02 Å². The molecule has 0 atom stereocenters. The lowest BCUT2D eigenvalue weighted by Gasteiger charge is -2.21. The molecule has 6 nitrogen and oxygen atoms in total. The lowest BCUT2D eigenvalue weighted by Crippen LogP contribution is -2.40. The Labute approximate surface area is 127 Å². The second-order valence-electron chi connectivity index (χ2n) is 4.23. The summed E-state index contributed by atoms with van der Waals surface area (Å²) in [4.78, 5) is 36.3. The van der Waals surface area contributed by atoms with Crippen LogP contribution in [0.4, 0.5) is 0 Å². The Morgan fingerprint density at radius 2 is 1.62 bits per heavy atom. The van der Waals surface area contributed by atoms with E-state index in [0.717, 1.165) is 4.90 Å². The second kappa shape index (κ2) is 7.64.